The van der Waals surface area contributed by atoms with Gasteiger partial charge in [0.25, 0.3) is 5.91 Å². The van der Waals surface area contributed by atoms with E-state index in [1.807, 2.05) is 16.8 Å². The summed E-state index contributed by atoms with van der Waals surface area (Å²) in [7, 11) is 0. The molecule has 1 fully saturated rings. The topological polar surface area (TPSA) is 59.8 Å². The lowest BCUT2D eigenvalue weighted by Gasteiger charge is -2.10. The molecule has 0 saturated heterocycles. The summed E-state index contributed by atoms with van der Waals surface area (Å²) >= 11 is 5.86. The second kappa shape index (κ2) is 6.24. The first-order chi connectivity index (χ1) is 11.7. The smallest absolute Gasteiger partial charge is 0.255 e. The van der Waals surface area contributed by atoms with Crippen molar-refractivity contribution in [3.63, 3.8) is 0 Å². The highest BCUT2D eigenvalue weighted by Gasteiger charge is 2.20. The molecule has 1 saturated carbocycles. The van der Waals surface area contributed by atoms with Gasteiger partial charge in [0, 0.05) is 16.3 Å². The van der Waals surface area contributed by atoms with Crippen molar-refractivity contribution in [3.05, 3.63) is 53.1 Å². The molecule has 1 aromatic heterocycles. The molecule has 0 radical (unpaired) electrons. The van der Waals surface area contributed by atoms with Gasteiger partial charge in [0.1, 0.15) is 5.52 Å². The van der Waals surface area contributed by atoms with Gasteiger partial charge in [-0.05, 0) is 55.3 Å². The number of nitrogens with zero attached hydrogens (tertiary/aromatic N) is 3. The Morgan fingerprint density at radius 2 is 1.88 bits per heavy atom. The van der Waals surface area contributed by atoms with Crippen LogP contribution in [-0.2, 0) is 0 Å². The second-order valence-electron chi connectivity index (χ2n) is 6.14. The Morgan fingerprint density at radius 1 is 1.12 bits per heavy atom. The molecule has 0 bridgehead atoms. The van der Waals surface area contributed by atoms with E-state index >= 15 is 0 Å². The van der Waals surface area contributed by atoms with Gasteiger partial charge >= 0.3 is 0 Å². The van der Waals surface area contributed by atoms with Crippen molar-refractivity contribution in [2.24, 2.45) is 0 Å². The van der Waals surface area contributed by atoms with E-state index in [-0.39, 0.29) is 5.91 Å². The second-order valence-corrected chi connectivity index (χ2v) is 6.57. The van der Waals surface area contributed by atoms with Gasteiger partial charge in [0.15, 0.2) is 0 Å². The fraction of sp³-hybridized carbons (Fsp3) is 0.278. The van der Waals surface area contributed by atoms with Crippen LogP contribution in [0.25, 0.3) is 11.0 Å². The summed E-state index contributed by atoms with van der Waals surface area (Å²) in [5.74, 6) is -0.172. The van der Waals surface area contributed by atoms with E-state index in [0.717, 1.165) is 23.9 Å². The van der Waals surface area contributed by atoms with Crippen molar-refractivity contribution < 1.29 is 4.79 Å². The molecule has 0 spiro atoms. The standard InChI is InChI=1S/C18H17ClN4O/c19-13-6-8-14(9-7-13)20-18(24)12-5-10-17-16(11-12)21-22-23(17)15-3-1-2-4-15/h5-11,15H,1-4H2,(H,20,24). The van der Waals surface area contributed by atoms with Gasteiger partial charge in [0.2, 0.25) is 0 Å². The van der Waals surface area contributed by atoms with E-state index < -0.39 is 0 Å². The van der Waals surface area contributed by atoms with Crippen LogP contribution in [0.3, 0.4) is 0 Å². The van der Waals surface area contributed by atoms with E-state index in [9.17, 15) is 4.79 Å². The predicted molar refractivity (Wildman–Crippen MR) is 94.4 cm³/mol. The Bertz CT molecular complexity index is 882. The number of hydrogen-bond donors (Lipinski definition) is 1. The minimum absolute atomic E-state index is 0.172. The highest BCUT2D eigenvalue weighted by Crippen LogP contribution is 2.31. The maximum absolute atomic E-state index is 12.4. The Balaban J connectivity index is 1.58. The van der Waals surface area contributed by atoms with E-state index in [4.69, 9.17) is 11.6 Å². The number of amides is 1. The van der Waals surface area contributed by atoms with Gasteiger partial charge in [-0.3, -0.25) is 4.79 Å². The molecule has 1 aliphatic rings. The van der Waals surface area contributed by atoms with Gasteiger partial charge in [0.05, 0.1) is 11.6 Å². The number of nitrogens with one attached hydrogen (secondary N) is 1. The lowest BCUT2D eigenvalue weighted by Crippen LogP contribution is -2.11. The maximum atomic E-state index is 12.4. The average Bonchev–Trinajstić information content (AvgIpc) is 3.25. The van der Waals surface area contributed by atoms with Crippen molar-refractivity contribution in [2.45, 2.75) is 31.7 Å². The molecule has 1 aliphatic carbocycles. The summed E-state index contributed by atoms with van der Waals surface area (Å²) in [5, 5.41) is 12.0. The Morgan fingerprint density at radius 3 is 2.62 bits per heavy atom. The number of rotatable bonds is 3. The molecule has 1 heterocycles. The SMILES string of the molecule is O=C(Nc1ccc(Cl)cc1)c1ccc2c(c1)nnn2C1CCCC1. The molecule has 0 aliphatic heterocycles. The maximum Gasteiger partial charge on any atom is 0.255 e. The summed E-state index contributed by atoms with van der Waals surface area (Å²) in [5.41, 5.74) is 3.02. The van der Waals surface area contributed by atoms with Gasteiger partial charge in [-0.1, -0.05) is 29.7 Å². The van der Waals surface area contributed by atoms with Crippen molar-refractivity contribution in [3.8, 4) is 0 Å². The Labute approximate surface area is 144 Å². The number of aromatic nitrogens is 3. The molecule has 3 aromatic rings. The molecule has 0 atom stereocenters. The monoisotopic (exact) mass is 340 g/mol. The van der Waals surface area contributed by atoms with Crippen molar-refractivity contribution in [1.82, 2.24) is 15.0 Å². The van der Waals surface area contributed by atoms with Gasteiger partial charge < -0.3 is 5.32 Å². The van der Waals surface area contributed by atoms with Crippen LogP contribution in [0.1, 0.15) is 42.1 Å². The number of hydrogen-bond acceptors (Lipinski definition) is 3. The van der Waals surface area contributed by atoms with Crippen LogP contribution in [0.15, 0.2) is 42.5 Å². The highest BCUT2D eigenvalue weighted by atomic mass is 35.5. The molecule has 1 N–H and O–H groups in total. The number of carbonyl (C=O) groups excluding carboxylic acids is 1. The van der Waals surface area contributed by atoms with Crippen LogP contribution in [0, 0.1) is 0 Å². The molecular formula is C18H17ClN4O. The number of fused-ring (bicyclic) bond motifs is 1. The third-order valence-corrected chi connectivity index (χ3v) is 4.76. The molecule has 24 heavy (non-hydrogen) atoms. The van der Waals surface area contributed by atoms with Crippen LogP contribution >= 0.6 is 11.6 Å². The van der Waals surface area contributed by atoms with Crippen molar-refractivity contribution >= 4 is 34.2 Å². The van der Waals surface area contributed by atoms with E-state index in [0.29, 0.717) is 22.3 Å². The van der Waals surface area contributed by atoms with Crippen molar-refractivity contribution in [1.29, 1.82) is 0 Å². The predicted octanol–water partition coefficient (Wildman–Crippen LogP) is 4.45. The Hall–Kier alpha value is -2.40. The number of benzene rings is 2. The van der Waals surface area contributed by atoms with E-state index in [2.05, 4.69) is 15.6 Å². The van der Waals surface area contributed by atoms with E-state index in [1.165, 1.54) is 12.8 Å². The summed E-state index contributed by atoms with van der Waals surface area (Å²) in [6.45, 7) is 0. The average molecular weight is 341 g/mol. The zero-order valence-electron chi connectivity index (χ0n) is 13.1. The quantitative estimate of drug-likeness (QED) is 0.766. The summed E-state index contributed by atoms with van der Waals surface area (Å²) in [4.78, 5) is 12.4. The minimum Gasteiger partial charge on any atom is -0.322 e. The number of carbonyl (C=O) groups is 1. The first-order valence-electron chi connectivity index (χ1n) is 8.12. The molecule has 122 valence electrons. The van der Waals surface area contributed by atoms with Gasteiger partial charge in [-0.2, -0.15) is 0 Å². The molecule has 6 heteroatoms. The fourth-order valence-corrected chi connectivity index (χ4v) is 3.36. The van der Waals surface area contributed by atoms with Crippen molar-refractivity contribution in [2.75, 3.05) is 5.32 Å². The van der Waals surface area contributed by atoms with Crippen LogP contribution in [0.2, 0.25) is 5.02 Å². The van der Waals surface area contributed by atoms with Crippen LogP contribution in [0.5, 0.6) is 0 Å². The van der Waals surface area contributed by atoms with Gasteiger partial charge in [-0.15, -0.1) is 5.10 Å². The third-order valence-electron chi connectivity index (χ3n) is 4.51. The first-order valence-corrected chi connectivity index (χ1v) is 8.50. The Kier molecular flexibility index (Phi) is 3.94. The molecular weight excluding hydrogens is 324 g/mol. The van der Waals surface area contributed by atoms with Gasteiger partial charge in [-0.25, -0.2) is 4.68 Å². The molecule has 2 aromatic carbocycles. The number of anilines is 1. The molecule has 4 rings (SSSR count). The molecule has 0 unspecified atom stereocenters. The fourth-order valence-electron chi connectivity index (χ4n) is 3.24. The van der Waals surface area contributed by atoms with Crippen LogP contribution < -0.4 is 5.32 Å². The zero-order chi connectivity index (χ0) is 16.5. The molecule has 1 amide bonds. The summed E-state index contributed by atoms with van der Waals surface area (Å²) in [6, 6.07) is 13.0. The first kappa shape index (κ1) is 15.1. The zero-order valence-corrected chi connectivity index (χ0v) is 13.8. The van der Waals surface area contributed by atoms with E-state index in [1.54, 1.807) is 30.3 Å². The third kappa shape index (κ3) is 2.87. The lowest BCUT2D eigenvalue weighted by atomic mass is 10.1. The lowest BCUT2D eigenvalue weighted by molar-refractivity contribution is 0.102. The highest BCUT2D eigenvalue weighted by molar-refractivity contribution is 6.30. The molecule has 5 nitrogen and oxygen atoms in total. The summed E-state index contributed by atoms with van der Waals surface area (Å²) in [6.07, 6.45) is 4.79. The van der Waals surface area contributed by atoms with Crippen LogP contribution in [0.4, 0.5) is 5.69 Å². The minimum atomic E-state index is -0.172. The van der Waals surface area contributed by atoms with Crippen LogP contribution in [-0.4, -0.2) is 20.9 Å². The normalized spacial score (nSPS) is 15.0. The number of halogens is 1. The summed E-state index contributed by atoms with van der Waals surface area (Å²) < 4.78 is 2.00. The largest absolute Gasteiger partial charge is 0.322 e.